The minimum Gasteiger partial charge on any atom is -0.381 e. The second kappa shape index (κ2) is 5.56. The van der Waals surface area contributed by atoms with E-state index >= 15 is 0 Å². The predicted octanol–water partition coefficient (Wildman–Crippen LogP) is 3.78. The van der Waals surface area contributed by atoms with Crippen LogP contribution in [0.3, 0.4) is 0 Å². The number of ether oxygens (including phenoxy) is 1. The average Bonchev–Trinajstić information content (AvgIpc) is 2.75. The molecule has 1 N–H and O–H groups in total. The highest BCUT2D eigenvalue weighted by Gasteiger charge is 2.22. The van der Waals surface area contributed by atoms with Crippen LogP contribution in [0.4, 0.5) is 5.69 Å². The maximum absolute atomic E-state index is 5.93. The largest absolute Gasteiger partial charge is 0.381 e. The average molecular weight is 352 g/mol. The van der Waals surface area contributed by atoms with E-state index in [1.54, 1.807) is 0 Å². The lowest BCUT2D eigenvalue weighted by Gasteiger charge is -2.21. The molecule has 2 unspecified atom stereocenters. The maximum Gasteiger partial charge on any atom is 0.0514 e. The summed E-state index contributed by atoms with van der Waals surface area (Å²) >= 11 is 8.23. The number of anilines is 1. The number of halogens is 2. The molecule has 1 aliphatic rings. The van der Waals surface area contributed by atoms with Gasteiger partial charge in [-0.05, 0) is 54.1 Å². The van der Waals surface area contributed by atoms with E-state index in [-0.39, 0.29) is 0 Å². The summed E-state index contributed by atoms with van der Waals surface area (Å²) in [5.74, 6) is 0.617. The lowest BCUT2D eigenvalue weighted by Crippen LogP contribution is -2.26. The van der Waals surface area contributed by atoms with Crippen molar-refractivity contribution in [2.75, 3.05) is 18.5 Å². The van der Waals surface area contributed by atoms with Crippen LogP contribution in [0.15, 0.2) is 18.2 Å². The summed E-state index contributed by atoms with van der Waals surface area (Å²) in [7, 11) is 0. The third-order valence-electron chi connectivity index (χ3n) is 2.99. The summed E-state index contributed by atoms with van der Waals surface area (Å²) in [4.78, 5) is 0. The molecule has 1 aromatic rings. The van der Waals surface area contributed by atoms with Crippen molar-refractivity contribution in [2.24, 2.45) is 5.92 Å². The van der Waals surface area contributed by atoms with Gasteiger partial charge in [-0.2, -0.15) is 0 Å². The van der Waals surface area contributed by atoms with Crippen molar-refractivity contribution in [2.45, 2.75) is 19.4 Å². The fourth-order valence-corrected chi connectivity index (χ4v) is 2.94. The quantitative estimate of drug-likeness (QED) is 0.837. The number of hydrogen-bond acceptors (Lipinski definition) is 2. The van der Waals surface area contributed by atoms with Crippen LogP contribution in [0.1, 0.15) is 13.3 Å². The normalized spacial score (nSPS) is 22.1. The van der Waals surface area contributed by atoms with Crippen molar-refractivity contribution in [3.05, 3.63) is 26.8 Å². The zero-order chi connectivity index (χ0) is 11.5. The van der Waals surface area contributed by atoms with Gasteiger partial charge in [-0.15, -0.1) is 0 Å². The fraction of sp³-hybridized carbons (Fsp3) is 0.500. The lowest BCUT2D eigenvalue weighted by atomic mass is 10.0. The molecule has 88 valence electrons. The van der Waals surface area contributed by atoms with Gasteiger partial charge in [0.1, 0.15) is 0 Å². The number of nitrogens with one attached hydrogen (secondary N) is 1. The Morgan fingerprint density at radius 1 is 1.56 bits per heavy atom. The van der Waals surface area contributed by atoms with Gasteiger partial charge in [-0.1, -0.05) is 11.6 Å². The topological polar surface area (TPSA) is 21.3 Å². The molecular weight excluding hydrogens is 336 g/mol. The second-order valence-electron chi connectivity index (χ2n) is 4.18. The highest BCUT2D eigenvalue weighted by atomic mass is 127. The molecule has 0 aliphatic carbocycles. The van der Waals surface area contributed by atoms with Gasteiger partial charge < -0.3 is 10.1 Å². The van der Waals surface area contributed by atoms with Crippen LogP contribution in [0.25, 0.3) is 0 Å². The maximum atomic E-state index is 5.93. The van der Waals surface area contributed by atoms with Crippen molar-refractivity contribution in [3.63, 3.8) is 0 Å². The van der Waals surface area contributed by atoms with E-state index < -0.39 is 0 Å². The van der Waals surface area contributed by atoms with E-state index in [9.17, 15) is 0 Å². The summed E-state index contributed by atoms with van der Waals surface area (Å²) in [5.41, 5.74) is 1.16. The Balaban J connectivity index is 2.02. The monoisotopic (exact) mass is 351 g/mol. The Labute approximate surface area is 115 Å². The molecule has 16 heavy (non-hydrogen) atoms. The Hall–Kier alpha value is -0.0000000000000000763. The standard InChI is InChI=1S/C12H15ClINO/c1-8(9-4-5-16-7-9)15-12-3-2-10(13)6-11(12)14/h2-3,6,8-9,15H,4-5,7H2,1H3. The minimum absolute atomic E-state index is 0.442. The molecule has 0 radical (unpaired) electrons. The van der Waals surface area contributed by atoms with Crippen molar-refractivity contribution in [1.82, 2.24) is 0 Å². The first-order chi connectivity index (χ1) is 7.66. The van der Waals surface area contributed by atoms with Gasteiger partial charge in [0.15, 0.2) is 0 Å². The Bertz CT molecular complexity index is 366. The number of rotatable bonds is 3. The minimum atomic E-state index is 0.442. The first-order valence-corrected chi connectivity index (χ1v) is 6.92. The molecule has 4 heteroatoms. The van der Waals surface area contributed by atoms with Crippen LogP contribution in [-0.2, 0) is 4.74 Å². The lowest BCUT2D eigenvalue weighted by molar-refractivity contribution is 0.183. The van der Waals surface area contributed by atoms with Gasteiger partial charge >= 0.3 is 0 Å². The molecule has 1 heterocycles. The summed E-state index contributed by atoms with van der Waals surface area (Å²) in [6.45, 7) is 3.98. The molecule has 1 fully saturated rings. The first-order valence-electron chi connectivity index (χ1n) is 5.46. The van der Waals surface area contributed by atoms with Crippen molar-refractivity contribution in [3.8, 4) is 0 Å². The van der Waals surface area contributed by atoms with Crippen LogP contribution >= 0.6 is 34.2 Å². The van der Waals surface area contributed by atoms with Crippen molar-refractivity contribution in [1.29, 1.82) is 0 Å². The summed E-state index contributed by atoms with van der Waals surface area (Å²) < 4.78 is 6.57. The highest BCUT2D eigenvalue weighted by molar-refractivity contribution is 14.1. The molecular formula is C12H15ClINO. The predicted molar refractivity (Wildman–Crippen MR) is 76.2 cm³/mol. The molecule has 0 bridgehead atoms. The van der Waals surface area contributed by atoms with E-state index in [2.05, 4.69) is 34.8 Å². The van der Waals surface area contributed by atoms with Gasteiger partial charge in [-0.25, -0.2) is 0 Å². The van der Waals surface area contributed by atoms with E-state index in [0.717, 1.165) is 33.9 Å². The van der Waals surface area contributed by atoms with E-state index in [4.69, 9.17) is 16.3 Å². The third kappa shape index (κ3) is 3.02. The Morgan fingerprint density at radius 2 is 2.38 bits per heavy atom. The van der Waals surface area contributed by atoms with Gasteiger partial charge in [-0.3, -0.25) is 0 Å². The zero-order valence-corrected chi connectivity index (χ0v) is 12.1. The van der Waals surface area contributed by atoms with Crippen molar-refractivity contribution < 1.29 is 4.74 Å². The highest BCUT2D eigenvalue weighted by Crippen LogP contribution is 2.25. The fourth-order valence-electron chi connectivity index (χ4n) is 1.92. The molecule has 2 atom stereocenters. The smallest absolute Gasteiger partial charge is 0.0514 e. The first kappa shape index (κ1) is 12.5. The van der Waals surface area contributed by atoms with Crippen LogP contribution < -0.4 is 5.32 Å². The van der Waals surface area contributed by atoms with Crippen LogP contribution in [0.2, 0.25) is 5.02 Å². The van der Waals surface area contributed by atoms with Gasteiger partial charge in [0.05, 0.1) is 6.61 Å². The van der Waals surface area contributed by atoms with Crippen molar-refractivity contribution >= 4 is 39.9 Å². The second-order valence-corrected chi connectivity index (χ2v) is 5.78. The summed E-state index contributed by atoms with van der Waals surface area (Å²) in [6.07, 6.45) is 1.15. The molecule has 2 nitrogen and oxygen atoms in total. The SMILES string of the molecule is CC(Nc1ccc(Cl)cc1I)C1CCOC1. The molecule has 2 rings (SSSR count). The van der Waals surface area contributed by atoms with Gasteiger partial charge in [0.25, 0.3) is 0 Å². The van der Waals surface area contributed by atoms with Gasteiger partial charge in [0, 0.05) is 32.8 Å². The third-order valence-corrected chi connectivity index (χ3v) is 4.11. The molecule has 1 aromatic carbocycles. The molecule has 1 saturated heterocycles. The Morgan fingerprint density at radius 3 is 3.00 bits per heavy atom. The summed E-state index contributed by atoms with van der Waals surface area (Å²) in [5, 5.41) is 4.32. The summed E-state index contributed by atoms with van der Waals surface area (Å²) in [6, 6.07) is 6.38. The van der Waals surface area contributed by atoms with Crippen LogP contribution in [0, 0.1) is 9.49 Å². The molecule has 0 saturated carbocycles. The van der Waals surface area contributed by atoms with Crippen LogP contribution in [0.5, 0.6) is 0 Å². The molecule has 0 aromatic heterocycles. The number of benzene rings is 1. The number of hydrogen-bond donors (Lipinski definition) is 1. The Kier molecular flexibility index (Phi) is 4.33. The molecule has 0 spiro atoms. The van der Waals surface area contributed by atoms with Crippen LogP contribution in [-0.4, -0.2) is 19.3 Å². The van der Waals surface area contributed by atoms with Gasteiger partial charge in [0.2, 0.25) is 0 Å². The zero-order valence-electron chi connectivity index (χ0n) is 9.17. The van der Waals surface area contributed by atoms with E-state index in [1.165, 1.54) is 0 Å². The van der Waals surface area contributed by atoms with E-state index in [0.29, 0.717) is 12.0 Å². The molecule has 0 amide bonds. The van der Waals surface area contributed by atoms with E-state index in [1.807, 2.05) is 18.2 Å². The molecule has 1 aliphatic heterocycles.